The fourth-order valence-electron chi connectivity index (χ4n) is 3.25. The van der Waals surface area contributed by atoms with Crippen molar-refractivity contribution in [3.63, 3.8) is 0 Å². The Kier molecular flexibility index (Phi) is 6.78. The number of nitrogens with one attached hydrogen (secondary N) is 1. The van der Waals surface area contributed by atoms with Crippen LogP contribution in [0.2, 0.25) is 0 Å². The van der Waals surface area contributed by atoms with Crippen LogP contribution < -0.4 is 5.32 Å². The molecular weight excluding hydrogens is 260 g/mol. The van der Waals surface area contributed by atoms with E-state index in [0.29, 0.717) is 0 Å². The number of aryl methyl sites for hydroxylation is 1. The number of rotatable bonds is 7. The molecule has 0 amide bonds. The summed E-state index contributed by atoms with van der Waals surface area (Å²) in [6.45, 7) is 12.0. The minimum atomic E-state index is 0.932. The second kappa shape index (κ2) is 8.60. The van der Waals surface area contributed by atoms with E-state index >= 15 is 0 Å². The van der Waals surface area contributed by atoms with Crippen molar-refractivity contribution >= 4 is 0 Å². The lowest BCUT2D eigenvalue weighted by Gasteiger charge is -2.18. The van der Waals surface area contributed by atoms with Gasteiger partial charge in [0.05, 0.1) is 6.54 Å². The molecule has 2 rings (SSSR count). The summed E-state index contributed by atoms with van der Waals surface area (Å²) in [5.74, 6) is 3.15. The zero-order chi connectivity index (χ0) is 15.1. The van der Waals surface area contributed by atoms with E-state index in [-0.39, 0.29) is 0 Å². The molecule has 0 bridgehead atoms. The van der Waals surface area contributed by atoms with Gasteiger partial charge in [0.2, 0.25) is 0 Å². The fraction of sp³-hybridized carbons (Fsp3) is 0.778. The summed E-state index contributed by atoms with van der Waals surface area (Å²) in [5, 5.41) is 3.46. The minimum absolute atomic E-state index is 0.932. The third-order valence-corrected chi connectivity index (χ3v) is 4.71. The van der Waals surface area contributed by atoms with Gasteiger partial charge in [-0.1, -0.05) is 20.3 Å². The second-order valence-electron chi connectivity index (χ2n) is 6.45. The van der Waals surface area contributed by atoms with Crippen molar-refractivity contribution in [1.29, 1.82) is 0 Å². The SMILES string of the molecule is CCCNCc1cc(CN2CCCC(CC)CC2)oc1C. The first kappa shape index (κ1) is 16.6. The molecule has 0 radical (unpaired) electrons. The molecule has 1 aliphatic heterocycles. The molecule has 3 nitrogen and oxygen atoms in total. The van der Waals surface area contributed by atoms with E-state index in [1.165, 1.54) is 50.8 Å². The smallest absolute Gasteiger partial charge is 0.118 e. The average molecular weight is 292 g/mol. The third-order valence-electron chi connectivity index (χ3n) is 4.71. The van der Waals surface area contributed by atoms with E-state index < -0.39 is 0 Å². The van der Waals surface area contributed by atoms with Crippen LogP contribution in [-0.2, 0) is 13.1 Å². The first-order valence-electron chi connectivity index (χ1n) is 8.74. The van der Waals surface area contributed by atoms with Crippen molar-refractivity contribution < 1.29 is 4.42 Å². The van der Waals surface area contributed by atoms with Gasteiger partial charge >= 0.3 is 0 Å². The van der Waals surface area contributed by atoms with Gasteiger partial charge in [-0.3, -0.25) is 4.90 Å². The summed E-state index contributed by atoms with van der Waals surface area (Å²) in [4.78, 5) is 2.57. The van der Waals surface area contributed by atoms with E-state index in [0.717, 1.165) is 37.1 Å². The van der Waals surface area contributed by atoms with Crippen molar-refractivity contribution in [3.8, 4) is 0 Å². The number of nitrogens with zero attached hydrogens (tertiary/aromatic N) is 1. The van der Waals surface area contributed by atoms with Crippen LogP contribution in [0.5, 0.6) is 0 Å². The highest BCUT2D eigenvalue weighted by atomic mass is 16.3. The van der Waals surface area contributed by atoms with Gasteiger partial charge in [-0.05, 0) is 64.2 Å². The maximum atomic E-state index is 5.96. The Hall–Kier alpha value is -0.800. The van der Waals surface area contributed by atoms with Gasteiger partial charge in [0.1, 0.15) is 11.5 Å². The Bertz CT molecular complexity index is 413. The predicted molar refractivity (Wildman–Crippen MR) is 88.4 cm³/mol. The molecule has 1 aromatic heterocycles. The Morgan fingerprint density at radius 2 is 2.14 bits per heavy atom. The molecule has 0 saturated carbocycles. The molecule has 0 spiro atoms. The topological polar surface area (TPSA) is 28.4 Å². The van der Waals surface area contributed by atoms with Crippen LogP contribution in [0.25, 0.3) is 0 Å². The molecule has 1 N–H and O–H groups in total. The van der Waals surface area contributed by atoms with Crippen molar-refractivity contribution in [1.82, 2.24) is 10.2 Å². The van der Waals surface area contributed by atoms with Gasteiger partial charge in [0.15, 0.2) is 0 Å². The fourth-order valence-corrected chi connectivity index (χ4v) is 3.25. The van der Waals surface area contributed by atoms with E-state index in [1.54, 1.807) is 0 Å². The molecule has 1 unspecified atom stereocenters. The van der Waals surface area contributed by atoms with Crippen molar-refractivity contribution in [3.05, 3.63) is 23.2 Å². The number of hydrogen-bond donors (Lipinski definition) is 1. The lowest BCUT2D eigenvalue weighted by Crippen LogP contribution is -2.24. The van der Waals surface area contributed by atoms with Crippen molar-refractivity contribution in [2.45, 2.75) is 66.0 Å². The lowest BCUT2D eigenvalue weighted by atomic mass is 9.98. The minimum Gasteiger partial charge on any atom is -0.465 e. The molecule has 1 aromatic rings. The van der Waals surface area contributed by atoms with E-state index in [1.807, 2.05) is 0 Å². The maximum Gasteiger partial charge on any atom is 0.118 e. The van der Waals surface area contributed by atoms with E-state index in [9.17, 15) is 0 Å². The Labute approximate surface area is 130 Å². The van der Waals surface area contributed by atoms with Gasteiger partial charge in [-0.25, -0.2) is 0 Å². The highest BCUT2D eigenvalue weighted by Crippen LogP contribution is 2.22. The summed E-state index contributed by atoms with van der Waals surface area (Å²) >= 11 is 0. The van der Waals surface area contributed by atoms with Crippen molar-refractivity contribution in [2.75, 3.05) is 19.6 Å². The van der Waals surface area contributed by atoms with Crippen molar-refractivity contribution in [2.24, 2.45) is 5.92 Å². The molecule has 21 heavy (non-hydrogen) atoms. The predicted octanol–water partition coefficient (Wildman–Crippen LogP) is 4.10. The van der Waals surface area contributed by atoms with Gasteiger partial charge in [0, 0.05) is 12.1 Å². The monoisotopic (exact) mass is 292 g/mol. The van der Waals surface area contributed by atoms with Crippen LogP contribution >= 0.6 is 0 Å². The van der Waals surface area contributed by atoms with Gasteiger partial charge < -0.3 is 9.73 Å². The largest absolute Gasteiger partial charge is 0.465 e. The van der Waals surface area contributed by atoms with Gasteiger partial charge in [0.25, 0.3) is 0 Å². The second-order valence-corrected chi connectivity index (χ2v) is 6.45. The van der Waals surface area contributed by atoms with E-state index in [4.69, 9.17) is 4.42 Å². The number of furan rings is 1. The highest BCUT2D eigenvalue weighted by Gasteiger charge is 2.17. The van der Waals surface area contributed by atoms with Gasteiger partial charge in [-0.2, -0.15) is 0 Å². The van der Waals surface area contributed by atoms with Crippen LogP contribution in [0.3, 0.4) is 0 Å². The molecule has 2 heterocycles. The molecule has 1 aliphatic rings. The summed E-state index contributed by atoms with van der Waals surface area (Å²) in [6.07, 6.45) is 6.59. The Morgan fingerprint density at radius 1 is 1.29 bits per heavy atom. The number of likely N-dealkylation sites (tertiary alicyclic amines) is 1. The summed E-state index contributed by atoms with van der Waals surface area (Å²) in [6, 6.07) is 2.25. The molecular formula is C18H32N2O. The van der Waals surface area contributed by atoms with Crippen LogP contribution in [0.4, 0.5) is 0 Å². The van der Waals surface area contributed by atoms with Crippen LogP contribution in [-0.4, -0.2) is 24.5 Å². The maximum absolute atomic E-state index is 5.96. The number of hydrogen-bond acceptors (Lipinski definition) is 3. The Morgan fingerprint density at radius 3 is 2.90 bits per heavy atom. The zero-order valence-corrected chi connectivity index (χ0v) is 14.1. The zero-order valence-electron chi connectivity index (χ0n) is 14.1. The van der Waals surface area contributed by atoms with Gasteiger partial charge in [-0.15, -0.1) is 0 Å². The van der Waals surface area contributed by atoms with Crippen LogP contribution in [0.15, 0.2) is 10.5 Å². The molecule has 1 fully saturated rings. The van der Waals surface area contributed by atoms with Crippen LogP contribution in [0.1, 0.15) is 63.0 Å². The van der Waals surface area contributed by atoms with Crippen LogP contribution in [0, 0.1) is 12.8 Å². The molecule has 1 atom stereocenters. The molecule has 1 saturated heterocycles. The molecule has 0 aromatic carbocycles. The lowest BCUT2D eigenvalue weighted by molar-refractivity contribution is 0.247. The first-order chi connectivity index (χ1) is 10.2. The Balaban J connectivity index is 1.86. The third kappa shape index (κ3) is 5.15. The molecule has 3 heteroatoms. The summed E-state index contributed by atoms with van der Waals surface area (Å²) < 4.78 is 5.96. The highest BCUT2D eigenvalue weighted by molar-refractivity contribution is 5.20. The first-order valence-corrected chi connectivity index (χ1v) is 8.74. The quantitative estimate of drug-likeness (QED) is 0.767. The summed E-state index contributed by atoms with van der Waals surface area (Å²) in [5.41, 5.74) is 1.32. The van der Waals surface area contributed by atoms with E-state index in [2.05, 4.69) is 37.1 Å². The summed E-state index contributed by atoms with van der Waals surface area (Å²) in [7, 11) is 0. The normalized spacial score (nSPS) is 20.6. The molecule has 120 valence electrons. The average Bonchev–Trinajstić information content (AvgIpc) is 2.69. The standard InChI is InChI=1S/C18H32N2O/c1-4-9-19-13-17-12-18(21-15(17)3)14-20-10-6-7-16(5-2)8-11-20/h12,16,19H,4-11,13-14H2,1-3H3. The molecule has 0 aliphatic carbocycles.